The van der Waals surface area contributed by atoms with Gasteiger partial charge in [0.1, 0.15) is 0 Å². The zero-order chi connectivity index (χ0) is 15.9. The highest BCUT2D eigenvalue weighted by atomic mass is 16.2. The van der Waals surface area contributed by atoms with Crippen LogP contribution < -0.4 is 16.4 Å². The molecule has 3 amide bonds. The van der Waals surface area contributed by atoms with Gasteiger partial charge < -0.3 is 16.4 Å². The van der Waals surface area contributed by atoms with E-state index < -0.39 is 11.3 Å². The molecule has 0 radical (unpaired) electrons. The third-order valence-electron chi connectivity index (χ3n) is 3.63. The first-order chi connectivity index (χ1) is 9.86. The lowest BCUT2D eigenvalue weighted by atomic mass is 9.93. The van der Waals surface area contributed by atoms with Crippen LogP contribution in [0.4, 0.5) is 4.79 Å². The van der Waals surface area contributed by atoms with E-state index >= 15 is 0 Å². The van der Waals surface area contributed by atoms with E-state index in [1.165, 1.54) is 5.56 Å². The molecule has 5 nitrogen and oxygen atoms in total. The molecule has 0 aliphatic heterocycles. The molecular weight excluding hydrogens is 266 g/mol. The van der Waals surface area contributed by atoms with Crippen LogP contribution >= 0.6 is 0 Å². The Bertz CT molecular complexity index is 472. The number of primary amides is 1. The summed E-state index contributed by atoms with van der Waals surface area (Å²) in [6, 6.07) is 9.80. The average Bonchev–Trinajstić information content (AvgIpc) is 2.47. The van der Waals surface area contributed by atoms with Crippen LogP contribution in [-0.2, 0) is 4.79 Å². The summed E-state index contributed by atoms with van der Waals surface area (Å²) in [7, 11) is 0. The van der Waals surface area contributed by atoms with Crippen molar-refractivity contribution in [2.24, 2.45) is 11.1 Å². The van der Waals surface area contributed by atoms with Gasteiger partial charge in [0.25, 0.3) is 0 Å². The van der Waals surface area contributed by atoms with Crippen molar-refractivity contribution in [3.8, 4) is 0 Å². The number of benzene rings is 1. The highest BCUT2D eigenvalue weighted by Crippen LogP contribution is 2.17. The van der Waals surface area contributed by atoms with Gasteiger partial charge in [0.15, 0.2) is 0 Å². The predicted molar refractivity (Wildman–Crippen MR) is 83.9 cm³/mol. The summed E-state index contributed by atoms with van der Waals surface area (Å²) in [5.41, 5.74) is 5.72. The number of urea groups is 1. The molecule has 21 heavy (non-hydrogen) atoms. The normalized spacial score (nSPS) is 12.5. The van der Waals surface area contributed by atoms with Crippen LogP contribution in [0.5, 0.6) is 0 Å². The second kappa shape index (κ2) is 7.67. The molecule has 0 fully saturated rings. The minimum absolute atomic E-state index is 0.219. The lowest BCUT2D eigenvalue weighted by molar-refractivity contribution is -0.125. The van der Waals surface area contributed by atoms with Gasteiger partial charge in [-0.3, -0.25) is 4.79 Å². The van der Waals surface area contributed by atoms with E-state index in [-0.39, 0.29) is 18.5 Å². The van der Waals surface area contributed by atoms with Gasteiger partial charge in [0.05, 0.1) is 5.41 Å². The summed E-state index contributed by atoms with van der Waals surface area (Å²) in [5.74, 6) is -0.153. The molecular formula is C16H25N3O2. The number of nitrogens with two attached hydrogens (primary N) is 1. The van der Waals surface area contributed by atoms with E-state index in [9.17, 15) is 9.59 Å². The maximum atomic E-state index is 11.8. The van der Waals surface area contributed by atoms with Crippen LogP contribution in [0.3, 0.4) is 0 Å². The lowest BCUT2D eigenvalue weighted by Gasteiger charge is -2.22. The predicted octanol–water partition coefficient (Wildman–Crippen LogP) is 1.99. The molecule has 1 unspecified atom stereocenters. The molecule has 1 aromatic carbocycles. The highest BCUT2D eigenvalue weighted by Gasteiger charge is 2.25. The number of rotatable bonds is 7. The molecule has 1 atom stereocenters. The van der Waals surface area contributed by atoms with Gasteiger partial charge in [-0.05, 0) is 25.8 Å². The second-order valence-electron chi connectivity index (χ2n) is 5.83. The second-order valence-corrected chi connectivity index (χ2v) is 5.83. The van der Waals surface area contributed by atoms with Crippen molar-refractivity contribution < 1.29 is 9.59 Å². The minimum Gasteiger partial charge on any atom is -0.369 e. The van der Waals surface area contributed by atoms with Crippen molar-refractivity contribution in [1.29, 1.82) is 0 Å². The monoisotopic (exact) mass is 291 g/mol. The molecule has 4 N–H and O–H groups in total. The van der Waals surface area contributed by atoms with Crippen molar-refractivity contribution >= 4 is 11.9 Å². The quantitative estimate of drug-likeness (QED) is 0.718. The summed E-state index contributed by atoms with van der Waals surface area (Å²) >= 11 is 0. The largest absolute Gasteiger partial charge is 0.369 e. The van der Waals surface area contributed by atoms with E-state index in [2.05, 4.69) is 29.7 Å². The van der Waals surface area contributed by atoms with E-state index in [0.717, 1.165) is 6.42 Å². The first-order valence-electron chi connectivity index (χ1n) is 7.23. The van der Waals surface area contributed by atoms with Gasteiger partial charge >= 0.3 is 6.03 Å². The maximum absolute atomic E-state index is 11.8. The van der Waals surface area contributed by atoms with E-state index in [4.69, 9.17) is 5.73 Å². The van der Waals surface area contributed by atoms with E-state index in [1.54, 1.807) is 13.8 Å². The topological polar surface area (TPSA) is 84.2 Å². The Morgan fingerprint density at radius 1 is 1.19 bits per heavy atom. The summed E-state index contributed by atoms with van der Waals surface area (Å²) < 4.78 is 0. The molecule has 0 heterocycles. The molecule has 0 aliphatic rings. The molecule has 5 heteroatoms. The molecule has 0 saturated heterocycles. The fraction of sp³-hybridized carbons (Fsp3) is 0.500. The summed E-state index contributed by atoms with van der Waals surface area (Å²) in [6.45, 7) is 6.27. The molecule has 0 bridgehead atoms. The van der Waals surface area contributed by atoms with Crippen molar-refractivity contribution in [2.45, 2.75) is 33.1 Å². The van der Waals surface area contributed by atoms with E-state index in [0.29, 0.717) is 6.54 Å². The summed E-state index contributed by atoms with van der Waals surface area (Å²) in [4.78, 5) is 23.0. The van der Waals surface area contributed by atoms with Gasteiger partial charge in [-0.1, -0.05) is 37.3 Å². The van der Waals surface area contributed by atoms with Crippen LogP contribution in [-0.4, -0.2) is 25.0 Å². The van der Waals surface area contributed by atoms with Crippen molar-refractivity contribution in [1.82, 2.24) is 10.6 Å². The van der Waals surface area contributed by atoms with Crippen molar-refractivity contribution in [3.63, 3.8) is 0 Å². The molecule has 0 aromatic heterocycles. The number of carbonyl (C=O) groups excluding carboxylic acids is 2. The van der Waals surface area contributed by atoms with Crippen molar-refractivity contribution in [2.75, 3.05) is 13.1 Å². The van der Waals surface area contributed by atoms with E-state index in [1.807, 2.05) is 18.2 Å². The Labute approximate surface area is 126 Å². The Morgan fingerprint density at radius 2 is 1.81 bits per heavy atom. The maximum Gasteiger partial charge on any atom is 0.314 e. The number of amides is 3. The third-order valence-corrected chi connectivity index (χ3v) is 3.63. The summed E-state index contributed by atoms with van der Waals surface area (Å²) in [6.07, 6.45) is 0.942. The minimum atomic E-state index is -0.749. The van der Waals surface area contributed by atoms with Crippen LogP contribution in [0.15, 0.2) is 30.3 Å². The van der Waals surface area contributed by atoms with Gasteiger partial charge in [-0.15, -0.1) is 0 Å². The fourth-order valence-electron chi connectivity index (χ4n) is 1.89. The number of hydrogen-bond donors (Lipinski definition) is 3. The number of hydrogen-bond acceptors (Lipinski definition) is 2. The first-order valence-corrected chi connectivity index (χ1v) is 7.23. The SMILES string of the molecule is CCC(CNC(=O)NCC(C)(C)C(N)=O)c1ccccc1. The van der Waals surface area contributed by atoms with Gasteiger partial charge in [-0.25, -0.2) is 4.79 Å². The molecule has 0 spiro atoms. The third kappa shape index (κ3) is 5.45. The zero-order valence-electron chi connectivity index (χ0n) is 13.0. The highest BCUT2D eigenvalue weighted by molar-refractivity contribution is 5.81. The molecule has 1 aromatic rings. The smallest absolute Gasteiger partial charge is 0.314 e. The standard InChI is InChI=1S/C16H25N3O2/c1-4-12(13-8-6-5-7-9-13)10-18-15(21)19-11-16(2,3)14(17)20/h5-9,12H,4,10-11H2,1-3H3,(H2,17,20)(H2,18,19,21). The Kier molecular flexibility index (Phi) is 6.21. The van der Waals surface area contributed by atoms with Gasteiger partial charge in [0, 0.05) is 19.0 Å². The number of carbonyl (C=O) groups is 2. The lowest BCUT2D eigenvalue weighted by Crippen LogP contribution is -2.46. The van der Waals surface area contributed by atoms with Crippen LogP contribution in [0, 0.1) is 5.41 Å². The van der Waals surface area contributed by atoms with Gasteiger partial charge in [0.2, 0.25) is 5.91 Å². The van der Waals surface area contributed by atoms with Crippen LogP contribution in [0.2, 0.25) is 0 Å². The Morgan fingerprint density at radius 3 is 2.33 bits per heavy atom. The molecule has 116 valence electrons. The van der Waals surface area contributed by atoms with Gasteiger partial charge in [-0.2, -0.15) is 0 Å². The zero-order valence-corrected chi connectivity index (χ0v) is 13.0. The molecule has 0 aliphatic carbocycles. The van der Waals surface area contributed by atoms with Crippen molar-refractivity contribution in [3.05, 3.63) is 35.9 Å². The average molecular weight is 291 g/mol. The fourth-order valence-corrected chi connectivity index (χ4v) is 1.89. The molecule has 1 rings (SSSR count). The molecule has 0 saturated carbocycles. The summed E-state index contributed by atoms with van der Waals surface area (Å²) in [5, 5.41) is 5.53. The Balaban J connectivity index is 2.43. The van der Waals surface area contributed by atoms with Crippen LogP contribution in [0.1, 0.15) is 38.7 Å². The number of nitrogens with one attached hydrogen (secondary N) is 2. The van der Waals surface area contributed by atoms with Crippen LogP contribution in [0.25, 0.3) is 0 Å². The first kappa shape index (κ1) is 17.0. The Hall–Kier alpha value is -2.04.